The molecule has 182 valence electrons. The van der Waals surface area contributed by atoms with Gasteiger partial charge in [0.2, 0.25) is 0 Å². The van der Waals surface area contributed by atoms with Crippen molar-refractivity contribution in [2.45, 2.75) is 57.3 Å². The Morgan fingerprint density at radius 2 is 1.68 bits per heavy atom. The smallest absolute Gasteiger partial charge is 0.263 e. The molecular weight excluding hydrogens is 470 g/mol. The number of sulfonamides is 1. The Kier molecular flexibility index (Phi) is 7.38. The van der Waals surface area contributed by atoms with Crippen LogP contribution in [0, 0.1) is 0 Å². The van der Waals surface area contributed by atoms with E-state index in [0.717, 1.165) is 5.56 Å². The van der Waals surface area contributed by atoms with Crippen molar-refractivity contribution >= 4 is 38.1 Å². The second-order valence-electron chi connectivity index (χ2n) is 10.0. The van der Waals surface area contributed by atoms with Gasteiger partial charge in [-0.1, -0.05) is 53.7 Å². The lowest BCUT2D eigenvalue weighted by molar-refractivity contribution is -0.118. The average molecular weight is 502 g/mol. The lowest BCUT2D eigenvalue weighted by Crippen LogP contribution is -2.23. The number of carbonyl (C=O) groups excluding carboxylic acids is 1. The van der Waals surface area contributed by atoms with Crippen LogP contribution in [0.4, 0.5) is 10.8 Å². The highest BCUT2D eigenvalue weighted by atomic mass is 32.2. The number of anilines is 2. The zero-order valence-corrected chi connectivity index (χ0v) is 21.9. The lowest BCUT2D eigenvalue weighted by atomic mass is 9.80. The Morgan fingerprint density at radius 1 is 1.00 bits per heavy atom. The Labute approximate surface area is 205 Å². The van der Waals surface area contributed by atoms with Gasteiger partial charge in [0.25, 0.3) is 15.9 Å². The maximum Gasteiger partial charge on any atom is 0.263 e. The molecule has 0 aliphatic heterocycles. The van der Waals surface area contributed by atoms with E-state index >= 15 is 0 Å². The van der Waals surface area contributed by atoms with Crippen LogP contribution in [0.15, 0.2) is 58.9 Å². The van der Waals surface area contributed by atoms with Crippen molar-refractivity contribution < 1.29 is 17.9 Å². The third-order valence-corrected chi connectivity index (χ3v) is 7.29. The van der Waals surface area contributed by atoms with Crippen LogP contribution in [-0.2, 0) is 25.6 Å². The van der Waals surface area contributed by atoms with E-state index < -0.39 is 10.0 Å². The first-order valence-electron chi connectivity index (χ1n) is 10.9. The quantitative estimate of drug-likeness (QED) is 0.442. The van der Waals surface area contributed by atoms with Gasteiger partial charge >= 0.3 is 0 Å². The standard InChI is InChI=1S/C25H31N3O4S2/c1-24(2,3)17-7-12-21(20(15-17)25(4,5)6)32-16-22(29)27-18-8-10-19(11-9-18)34(30,31)28-23-26-13-14-33-23/h7-15H,16H2,1-6H3,(H,26,28)(H,27,29). The molecule has 0 unspecified atom stereocenters. The van der Waals surface area contributed by atoms with Crippen molar-refractivity contribution in [3.63, 3.8) is 0 Å². The summed E-state index contributed by atoms with van der Waals surface area (Å²) in [5, 5.41) is 4.71. The van der Waals surface area contributed by atoms with Crippen LogP contribution in [0.2, 0.25) is 0 Å². The van der Waals surface area contributed by atoms with Gasteiger partial charge < -0.3 is 10.1 Å². The van der Waals surface area contributed by atoms with Gasteiger partial charge in [-0.3, -0.25) is 9.52 Å². The second kappa shape index (κ2) is 9.76. The van der Waals surface area contributed by atoms with E-state index in [9.17, 15) is 13.2 Å². The molecule has 0 spiro atoms. The summed E-state index contributed by atoms with van der Waals surface area (Å²) < 4.78 is 33.2. The average Bonchev–Trinajstić information content (AvgIpc) is 3.23. The minimum absolute atomic E-state index is 0.00531. The molecule has 1 aromatic heterocycles. The summed E-state index contributed by atoms with van der Waals surface area (Å²) in [5.74, 6) is 0.335. The minimum atomic E-state index is -3.75. The Morgan fingerprint density at radius 3 is 2.24 bits per heavy atom. The van der Waals surface area contributed by atoms with Crippen molar-refractivity contribution in [3.05, 3.63) is 65.2 Å². The summed E-state index contributed by atoms with van der Waals surface area (Å²) >= 11 is 1.19. The van der Waals surface area contributed by atoms with Gasteiger partial charge in [0.05, 0.1) is 4.90 Å². The fourth-order valence-corrected chi connectivity index (χ4v) is 5.00. The highest BCUT2D eigenvalue weighted by Crippen LogP contribution is 2.35. The maximum atomic E-state index is 12.5. The molecule has 0 saturated heterocycles. The number of rotatable bonds is 7. The molecule has 2 N–H and O–H groups in total. The van der Waals surface area contributed by atoms with Gasteiger partial charge in [-0.25, -0.2) is 13.4 Å². The predicted molar refractivity (Wildman–Crippen MR) is 137 cm³/mol. The van der Waals surface area contributed by atoms with E-state index in [-0.39, 0.29) is 28.2 Å². The molecule has 9 heteroatoms. The molecule has 0 aliphatic carbocycles. The number of thiazole rings is 1. The third-order valence-electron chi connectivity index (χ3n) is 5.11. The van der Waals surface area contributed by atoms with Crippen LogP contribution >= 0.6 is 11.3 Å². The molecular formula is C25H31N3O4S2. The lowest BCUT2D eigenvalue weighted by Gasteiger charge is -2.27. The number of amides is 1. The Hall–Kier alpha value is -2.91. The van der Waals surface area contributed by atoms with Crippen LogP contribution in [0.25, 0.3) is 0 Å². The molecule has 3 rings (SSSR count). The number of benzene rings is 2. The number of hydrogen-bond acceptors (Lipinski definition) is 6. The van der Waals surface area contributed by atoms with Gasteiger partial charge in [0.1, 0.15) is 5.75 Å². The van der Waals surface area contributed by atoms with E-state index in [1.807, 2.05) is 12.1 Å². The number of nitrogens with zero attached hydrogens (tertiary/aromatic N) is 1. The summed E-state index contributed by atoms with van der Waals surface area (Å²) in [7, 11) is -3.75. The van der Waals surface area contributed by atoms with Gasteiger partial charge in [-0.05, 0) is 52.3 Å². The topological polar surface area (TPSA) is 97.4 Å². The molecule has 0 radical (unpaired) electrons. The van der Waals surface area contributed by atoms with E-state index in [2.05, 4.69) is 62.6 Å². The fourth-order valence-electron chi connectivity index (χ4n) is 3.21. The van der Waals surface area contributed by atoms with Gasteiger partial charge in [-0.2, -0.15) is 0 Å². The van der Waals surface area contributed by atoms with Crippen LogP contribution in [0.1, 0.15) is 52.7 Å². The highest BCUT2D eigenvalue weighted by Gasteiger charge is 2.23. The zero-order chi connectivity index (χ0) is 25.1. The summed E-state index contributed by atoms with van der Waals surface area (Å²) in [5.41, 5.74) is 2.57. The van der Waals surface area contributed by atoms with E-state index in [1.54, 1.807) is 5.38 Å². The fraction of sp³-hybridized carbons (Fsp3) is 0.360. The van der Waals surface area contributed by atoms with Crippen molar-refractivity contribution in [2.75, 3.05) is 16.6 Å². The van der Waals surface area contributed by atoms with E-state index in [4.69, 9.17) is 4.74 Å². The predicted octanol–water partition coefficient (Wildman–Crippen LogP) is 5.56. The number of aromatic nitrogens is 1. The maximum absolute atomic E-state index is 12.5. The number of ether oxygens (including phenoxy) is 1. The summed E-state index contributed by atoms with van der Waals surface area (Å²) in [6.45, 7) is 12.7. The molecule has 1 amide bonds. The van der Waals surface area contributed by atoms with Crippen molar-refractivity contribution in [3.8, 4) is 5.75 Å². The van der Waals surface area contributed by atoms with Crippen LogP contribution in [0.3, 0.4) is 0 Å². The molecule has 0 saturated carbocycles. The SMILES string of the molecule is CC(C)(C)c1ccc(OCC(=O)Nc2ccc(S(=O)(=O)Nc3nccs3)cc2)c(C(C)(C)C)c1. The summed E-state index contributed by atoms with van der Waals surface area (Å²) in [6.07, 6.45) is 1.52. The molecule has 7 nitrogen and oxygen atoms in total. The largest absolute Gasteiger partial charge is 0.483 e. The Balaban J connectivity index is 1.65. The molecule has 0 fully saturated rings. The first-order chi connectivity index (χ1) is 15.8. The first-order valence-corrected chi connectivity index (χ1v) is 13.2. The Bertz CT molecular complexity index is 1240. The minimum Gasteiger partial charge on any atom is -0.483 e. The van der Waals surface area contributed by atoms with Crippen LogP contribution in [-0.4, -0.2) is 25.9 Å². The molecule has 0 atom stereocenters. The van der Waals surface area contributed by atoms with Crippen LogP contribution in [0.5, 0.6) is 5.75 Å². The van der Waals surface area contributed by atoms with Gasteiger partial charge in [0, 0.05) is 17.3 Å². The van der Waals surface area contributed by atoms with Crippen molar-refractivity contribution in [1.29, 1.82) is 0 Å². The normalized spacial score (nSPS) is 12.3. The molecule has 3 aromatic rings. The molecule has 34 heavy (non-hydrogen) atoms. The monoisotopic (exact) mass is 501 g/mol. The van der Waals surface area contributed by atoms with E-state index in [1.165, 1.54) is 47.4 Å². The molecule has 0 aliphatic rings. The summed E-state index contributed by atoms with van der Waals surface area (Å²) in [4.78, 5) is 16.5. The molecule has 2 aromatic carbocycles. The van der Waals surface area contributed by atoms with Gasteiger partial charge in [0.15, 0.2) is 11.7 Å². The molecule has 0 bridgehead atoms. The zero-order valence-electron chi connectivity index (χ0n) is 20.3. The third kappa shape index (κ3) is 6.57. The highest BCUT2D eigenvalue weighted by molar-refractivity contribution is 7.93. The van der Waals surface area contributed by atoms with E-state index in [0.29, 0.717) is 16.6 Å². The van der Waals surface area contributed by atoms with Gasteiger partial charge in [-0.15, -0.1) is 11.3 Å². The first kappa shape index (κ1) is 25.7. The second-order valence-corrected chi connectivity index (χ2v) is 12.6. The summed E-state index contributed by atoms with van der Waals surface area (Å²) in [6, 6.07) is 12.0. The number of nitrogens with one attached hydrogen (secondary N) is 2. The molecule has 1 heterocycles. The van der Waals surface area contributed by atoms with Crippen molar-refractivity contribution in [2.24, 2.45) is 0 Å². The van der Waals surface area contributed by atoms with Crippen molar-refractivity contribution in [1.82, 2.24) is 4.98 Å². The number of hydrogen-bond donors (Lipinski definition) is 2. The van der Waals surface area contributed by atoms with Crippen LogP contribution < -0.4 is 14.8 Å². The number of carbonyl (C=O) groups is 1.